The third kappa shape index (κ3) is 4.15. The number of amides is 1. The van der Waals surface area contributed by atoms with Crippen molar-refractivity contribution in [2.75, 3.05) is 12.0 Å². The predicted octanol–water partition coefficient (Wildman–Crippen LogP) is 1.96. The lowest BCUT2D eigenvalue weighted by atomic mass is 10.1. The number of hydrogen-bond donors (Lipinski definition) is 2. The van der Waals surface area contributed by atoms with Gasteiger partial charge in [0.2, 0.25) is 5.91 Å². The van der Waals surface area contributed by atoms with Gasteiger partial charge in [0.15, 0.2) is 0 Å². The lowest BCUT2D eigenvalue weighted by Gasteiger charge is -2.26. The normalized spacial score (nSPS) is 15.9. The Morgan fingerprint density at radius 2 is 2.30 bits per heavy atom. The smallest absolute Gasteiger partial charge is 0.240 e. The summed E-state index contributed by atoms with van der Waals surface area (Å²) < 4.78 is 0. The van der Waals surface area contributed by atoms with Crippen LogP contribution in [0.4, 0.5) is 0 Å². The van der Waals surface area contributed by atoms with E-state index in [0.29, 0.717) is 19.0 Å². The molecule has 1 aromatic rings. The number of phenolic OH excluding ortho intramolecular Hbond substituents is 1. The van der Waals surface area contributed by atoms with Crippen LogP contribution in [0.5, 0.6) is 5.75 Å². The van der Waals surface area contributed by atoms with Crippen molar-refractivity contribution in [3.8, 4) is 5.75 Å². The summed E-state index contributed by atoms with van der Waals surface area (Å²) in [6.07, 6.45) is 4.84. The Balaban J connectivity index is 2.01. The zero-order valence-electron chi connectivity index (χ0n) is 11.8. The quantitative estimate of drug-likeness (QED) is 0.807. The molecule has 1 amide bonds. The Morgan fingerprint density at radius 1 is 1.55 bits per heavy atom. The zero-order chi connectivity index (χ0) is 14.5. The molecule has 0 radical (unpaired) electrons. The largest absolute Gasteiger partial charge is 0.508 e. The minimum Gasteiger partial charge on any atom is -0.508 e. The molecule has 0 heterocycles. The number of benzene rings is 1. The summed E-state index contributed by atoms with van der Waals surface area (Å²) in [6.45, 7) is 0.533. The lowest BCUT2D eigenvalue weighted by molar-refractivity contribution is -0.133. The van der Waals surface area contributed by atoms with E-state index in [-0.39, 0.29) is 11.7 Å². The highest BCUT2D eigenvalue weighted by Crippen LogP contribution is 2.29. The first kappa shape index (κ1) is 15.2. The van der Waals surface area contributed by atoms with Gasteiger partial charge < -0.3 is 15.7 Å². The van der Waals surface area contributed by atoms with E-state index in [1.165, 1.54) is 0 Å². The van der Waals surface area contributed by atoms with Gasteiger partial charge in [0.1, 0.15) is 5.75 Å². The number of rotatable bonds is 7. The van der Waals surface area contributed by atoms with E-state index in [2.05, 4.69) is 0 Å². The van der Waals surface area contributed by atoms with Crippen molar-refractivity contribution in [3.05, 3.63) is 29.8 Å². The minimum atomic E-state index is -0.416. The summed E-state index contributed by atoms with van der Waals surface area (Å²) in [5, 5.41) is 9.51. The molecule has 1 fully saturated rings. The molecule has 0 saturated heterocycles. The van der Waals surface area contributed by atoms with Crippen LogP contribution in [0.2, 0.25) is 0 Å². The second-order valence-electron chi connectivity index (χ2n) is 5.26. The van der Waals surface area contributed by atoms with Crippen molar-refractivity contribution in [2.24, 2.45) is 5.73 Å². The zero-order valence-corrected chi connectivity index (χ0v) is 12.6. The van der Waals surface area contributed by atoms with Gasteiger partial charge >= 0.3 is 0 Å². The molecule has 1 aromatic carbocycles. The van der Waals surface area contributed by atoms with E-state index in [1.54, 1.807) is 30.0 Å². The molecule has 1 aliphatic rings. The van der Waals surface area contributed by atoms with Crippen molar-refractivity contribution < 1.29 is 9.90 Å². The first-order chi connectivity index (χ1) is 9.61. The molecule has 5 heteroatoms. The molecular formula is C15H22N2O2S. The van der Waals surface area contributed by atoms with Crippen LogP contribution < -0.4 is 5.73 Å². The molecular weight excluding hydrogens is 272 g/mol. The van der Waals surface area contributed by atoms with Crippen molar-refractivity contribution in [3.63, 3.8) is 0 Å². The number of nitrogens with zero attached hydrogens (tertiary/aromatic N) is 1. The van der Waals surface area contributed by atoms with Crippen LogP contribution in [-0.4, -0.2) is 40.0 Å². The fourth-order valence-electron chi connectivity index (χ4n) is 2.21. The number of hydrogen-bond acceptors (Lipinski definition) is 4. The first-order valence-corrected chi connectivity index (χ1v) is 8.34. The van der Waals surface area contributed by atoms with Crippen molar-refractivity contribution in [1.29, 1.82) is 0 Å². The van der Waals surface area contributed by atoms with Gasteiger partial charge in [-0.05, 0) is 49.0 Å². The number of carbonyl (C=O) groups is 1. The molecule has 0 bridgehead atoms. The molecule has 2 rings (SSSR count). The molecule has 1 aliphatic carbocycles. The van der Waals surface area contributed by atoms with Crippen LogP contribution in [0.3, 0.4) is 0 Å². The SMILES string of the molecule is CSCC[C@@H](N)C(=O)N(Cc1cccc(O)c1)C1CC1. The molecule has 0 aliphatic heterocycles. The highest BCUT2D eigenvalue weighted by Gasteiger charge is 2.34. The van der Waals surface area contributed by atoms with E-state index in [1.807, 2.05) is 17.2 Å². The molecule has 1 saturated carbocycles. The van der Waals surface area contributed by atoms with E-state index in [9.17, 15) is 9.90 Å². The Labute approximate surface area is 124 Å². The summed E-state index contributed by atoms with van der Waals surface area (Å²) in [5.41, 5.74) is 6.95. The number of aromatic hydroxyl groups is 1. The van der Waals surface area contributed by atoms with Crippen LogP contribution in [0.15, 0.2) is 24.3 Å². The van der Waals surface area contributed by atoms with Gasteiger partial charge in [-0.2, -0.15) is 11.8 Å². The Hall–Kier alpha value is -1.20. The van der Waals surface area contributed by atoms with Gasteiger partial charge in [-0.15, -0.1) is 0 Å². The maximum atomic E-state index is 12.4. The fraction of sp³-hybridized carbons (Fsp3) is 0.533. The molecule has 20 heavy (non-hydrogen) atoms. The van der Waals surface area contributed by atoms with E-state index >= 15 is 0 Å². The van der Waals surface area contributed by atoms with Crippen molar-refractivity contribution >= 4 is 17.7 Å². The molecule has 110 valence electrons. The summed E-state index contributed by atoms with van der Waals surface area (Å²) in [6, 6.07) is 6.97. The molecule has 4 nitrogen and oxygen atoms in total. The van der Waals surface area contributed by atoms with Gasteiger partial charge in [0.25, 0.3) is 0 Å². The fourth-order valence-corrected chi connectivity index (χ4v) is 2.70. The molecule has 0 spiro atoms. The van der Waals surface area contributed by atoms with Crippen LogP contribution in [0, 0.1) is 0 Å². The average molecular weight is 294 g/mol. The summed E-state index contributed by atoms with van der Waals surface area (Å²) >= 11 is 1.71. The maximum absolute atomic E-state index is 12.4. The minimum absolute atomic E-state index is 0.0323. The van der Waals surface area contributed by atoms with Crippen LogP contribution in [-0.2, 0) is 11.3 Å². The van der Waals surface area contributed by atoms with Crippen molar-refractivity contribution in [2.45, 2.75) is 37.9 Å². The molecule has 0 aromatic heterocycles. The predicted molar refractivity (Wildman–Crippen MR) is 82.7 cm³/mol. The lowest BCUT2D eigenvalue weighted by Crippen LogP contribution is -2.44. The Kier molecular flexibility index (Phi) is 5.31. The number of carbonyl (C=O) groups excluding carboxylic acids is 1. The summed E-state index contributed by atoms with van der Waals surface area (Å²) in [7, 11) is 0. The third-order valence-electron chi connectivity index (χ3n) is 3.48. The van der Waals surface area contributed by atoms with E-state index < -0.39 is 6.04 Å². The molecule has 3 N–H and O–H groups in total. The number of nitrogens with two attached hydrogens (primary N) is 1. The first-order valence-electron chi connectivity index (χ1n) is 6.94. The highest BCUT2D eigenvalue weighted by atomic mass is 32.2. The van der Waals surface area contributed by atoms with Crippen LogP contribution >= 0.6 is 11.8 Å². The monoisotopic (exact) mass is 294 g/mol. The van der Waals surface area contributed by atoms with Gasteiger partial charge in [-0.3, -0.25) is 4.79 Å². The standard InChI is InChI=1S/C15H22N2O2S/c1-20-8-7-14(16)15(19)17(12-5-6-12)10-11-3-2-4-13(18)9-11/h2-4,9,12,14,18H,5-8,10,16H2,1H3/t14-/m1/s1. The average Bonchev–Trinajstić information content (AvgIpc) is 3.26. The van der Waals surface area contributed by atoms with E-state index in [4.69, 9.17) is 5.73 Å². The second-order valence-corrected chi connectivity index (χ2v) is 6.24. The second kappa shape index (κ2) is 6.99. The molecule has 1 atom stereocenters. The number of phenols is 1. The Morgan fingerprint density at radius 3 is 2.90 bits per heavy atom. The van der Waals surface area contributed by atoms with Gasteiger partial charge in [0.05, 0.1) is 6.04 Å². The maximum Gasteiger partial charge on any atom is 0.240 e. The molecule has 0 unspecified atom stereocenters. The van der Waals surface area contributed by atoms with Gasteiger partial charge in [0, 0.05) is 12.6 Å². The van der Waals surface area contributed by atoms with E-state index in [0.717, 1.165) is 24.2 Å². The van der Waals surface area contributed by atoms with Gasteiger partial charge in [-0.1, -0.05) is 12.1 Å². The Bertz CT molecular complexity index is 463. The summed E-state index contributed by atoms with van der Waals surface area (Å²) in [4.78, 5) is 14.3. The third-order valence-corrected chi connectivity index (χ3v) is 4.13. The topological polar surface area (TPSA) is 66.6 Å². The van der Waals surface area contributed by atoms with Gasteiger partial charge in [-0.25, -0.2) is 0 Å². The summed E-state index contributed by atoms with van der Waals surface area (Å²) in [5.74, 6) is 1.17. The van der Waals surface area contributed by atoms with Crippen molar-refractivity contribution in [1.82, 2.24) is 4.90 Å². The highest BCUT2D eigenvalue weighted by molar-refractivity contribution is 7.98. The van der Waals surface area contributed by atoms with Crippen LogP contribution in [0.25, 0.3) is 0 Å². The van der Waals surface area contributed by atoms with Crippen LogP contribution in [0.1, 0.15) is 24.8 Å². The number of thioether (sulfide) groups is 1.